The number of carbonyl (C=O) groups excluding carboxylic acids is 1. The Kier molecular flexibility index (Phi) is 5.22. The molecule has 0 spiro atoms. The zero-order valence-corrected chi connectivity index (χ0v) is 15.3. The number of halogens is 1. The number of piperidine rings is 1. The van der Waals surface area contributed by atoms with E-state index in [1.807, 2.05) is 4.99 Å². The van der Waals surface area contributed by atoms with Crippen molar-refractivity contribution in [2.75, 3.05) is 6.54 Å². The lowest BCUT2D eigenvalue weighted by molar-refractivity contribution is -0.153. The molecule has 124 valence electrons. The molecule has 0 saturated carbocycles. The van der Waals surface area contributed by atoms with E-state index in [1.54, 1.807) is 0 Å². The minimum absolute atomic E-state index is 0.0438. The summed E-state index contributed by atoms with van der Waals surface area (Å²) in [6.07, 6.45) is 5.45. The second-order valence-electron chi connectivity index (χ2n) is 6.68. The van der Waals surface area contributed by atoms with Crippen LogP contribution in [0.25, 0.3) is 0 Å². The Morgan fingerprint density at radius 1 is 1.35 bits per heavy atom. The minimum Gasteiger partial charge on any atom is -0.460 e. The van der Waals surface area contributed by atoms with Crippen LogP contribution in [0.1, 0.15) is 43.2 Å². The third kappa shape index (κ3) is 3.53. The van der Waals surface area contributed by atoms with Crippen LogP contribution in [0.5, 0.6) is 0 Å². The zero-order chi connectivity index (χ0) is 16.4. The van der Waals surface area contributed by atoms with Crippen molar-refractivity contribution in [1.82, 2.24) is 4.90 Å². The number of fused-ring (bicyclic) bond motifs is 2. The lowest BCUT2D eigenvalue weighted by Crippen LogP contribution is -2.52. The highest BCUT2D eigenvalue weighted by Gasteiger charge is 2.48. The van der Waals surface area contributed by atoms with Crippen molar-refractivity contribution in [2.45, 2.75) is 57.2 Å². The Hall–Kier alpha value is -1.13. The van der Waals surface area contributed by atoms with Crippen LogP contribution in [0, 0.1) is 6.92 Å². The first-order chi connectivity index (χ1) is 11.1. The smallest absolute Gasteiger partial charge is 0.302 e. The summed E-state index contributed by atoms with van der Waals surface area (Å²) in [4.78, 5) is 16.1. The molecule has 1 aromatic rings. The summed E-state index contributed by atoms with van der Waals surface area (Å²) in [6, 6.07) is 9.62. The minimum atomic E-state index is -0.173. The average Bonchev–Trinajstić information content (AvgIpc) is 2.82. The molecule has 3 rings (SSSR count). The summed E-state index contributed by atoms with van der Waals surface area (Å²) >= 11 is 3.35. The fourth-order valence-corrected chi connectivity index (χ4v) is 4.37. The second kappa shape index (κ2) is 7.18. The van der Waals surface area contributed by atoms with E-state index >= 15 is 0 Å². The molecule has 2 heterocycles. The van der Waals surface area contributed by atoms with Crippen molar-refractivity contribution in [3.63, 3.8) is 0 Å². The lowest BCUT2D eigenvalue weighted by atomic mass is 9.82. The number of carbonyl (C=O) groups is 1. The molecule has 2 bridgehead atoms. The molecule has 23 heavy (non-hydrogen) atoms. The maximum atomic E-state index is 11.7. The molecule has 1 unspecified atom stereocenters. The van der Waals surface area contributed by atoms with E-state index in [9.17, 15) is 4.79 Å². The molecule has 2 aliphatic heterocycles. The lowest BCUT2D eigenvalue weighted by Gasteiger charge is -2.43. The van der Waals surface area contributed by atoms with Crippen molar-refractivity contribution < 1.29 is 9.53 Å². The van der Waals surface area contributed by atoms with Gasteiger partial charge in [0.1, 0.15) is 6.10 Å². The second-order valence-corrected chi connectivity index (χ2v) is 7.21. The van der Waals surface area contributed by atoms with Gasteiger partial charge in [-0.15, -0.1) is 0 Å². The Balaban J connectivity index is 1.88. The number of aryl methyl sites for hydroxylation is 1. The van der Waals surface area contributed by atoms with E-state index < -0.39 is 0 Å². The highest BCUT2D eigenvalue weighted by molar-refractivity contribution is 9.11. The van der Waals surface area contributed by atoms with Crippen LogP contribution in [-0.4, -0.2) is 35.6 Å². The van der Waals surface area contributed by atoms with Gasteiger partial charge in [0.05, 0.1) is 0 Å². The van der Waals surface area contributed by atoms with Gasteiger partial charge in [0.25, 0.3) is 0 Å². The summed E-state index contributed by atoms with van der Waals surface area (Å²) in [5.41, 5.74) is 2.56. The molecule has 0 aliphatic carbocycles. The van der Waals surface area contributed by atoms with Gasteiger partial charge >= 0.3 is 5.97 Å². The molecular weight excluding hydrogens is 354 g/mol. The molecule has 4 heteroatoms. The fraction of sp³-hybridized carbons (Fsp3) is 0.526. The summed E-state index contributed by atoms with van der Waals surface area (Å²) < 4.78 is 5.81. The van der Waals surface area contributed by atoms with Crippen molar-refractivity contribution in [1.29, 1.82) is 0 Å². The van der Waals surface area contributed by atoms with Crippen LogP contribution in [0.4, 0.5) is 0 Å². The van der Waals surface area contributed by atoms with Gasteiger partial charge in [-0.25, -0.2) is 0 Å². The van der Waals surface area contributed by atoms with Crippen molar-refractivity contribution in [3.05, 3.63) is 46.5 Å². The van der Waals surface area contributed by atoms with Gasteiger partial charge in [0.15, 0.2) is 0 Å². The van der Waals surface area contributed by atoms with E-state index in [0.717, 1.165) is 19.4 Å². The monoisotopic (exact) mass is 377 g/mol. The van der Waals surface area contributed by atoms with Gasteiger partial charge in [-0.3, -0.25) is 9.69 Å². The molecule has 2 aliphatic rings. The average molecular weight is 378 g/mol. The Morgan fingerprint density at radius 2 is 2.09 bits per heavy atom. The predicted octanol–water partition coefficient (Wildman–Crippen LogP) is 4.16. The number of hydrogen-bond acceptors (Lipinski definition) is 3. The summed E-state index contributed by atoms with van der Waals surface area (Å²) in [7, 11) is 0. The standard InChI is InChI=1S/C19H24BrNO2/c1-13-4-6-15(7-5-13)17-12-16-8-9-18(19(17)23-14(2)22)21(16)11-3-10-20/h3-7,10,16-19H,8-9,11-12H2,1-2H3/b10-3+/t16-,17?,18+,19-/m0/s1. The van der Waals surface area contributed by atoms with Crippen LogP contribution >= 0.6 is 15.9 Å². The highest BCUT2D eigenvalue weighted by atomic mass is 79.9. The number of hydrogen-bond donors (Lipinski definition) is 0. The van der Waals surface area contributed by atoms with Gasteiger partial charge in [0, 0.05) is 31.5 Å². The summed E-state index contributed by atoms with van der Waals surface area (Å²) in [5.74, 6) is 0.134. The Morgan fingerprint density at radius 3 is 2.74 bits per heavy atom. The molecule has 2 saturated heterocycles. The molecule has 0 aromatic heterocycles. The van der Waals surface area contributed by atoms with Gasteiger partial charge in [-0.05, 0) is 36.7 Å². The fourth-order valence-electron chi connectivity index (χ4n) is 4.20. The van der Waals surface area contributed by atoms with E-state index in [0.29, 0.717) is 18.0 Å². The van der Waals surface area contributed by atoms with Crippen LogP contribution in [0.3, 0.4) is 0 Å². The van der Waals surface area contributed by atoms with Gasteiger partial charge in [0.2, 0.25) is 0 Å². The molecule has 4 atom stereocenters. The predicted molar refractivity (Wildman–Crippen MR) is 95.7 cm³/mol. The molecular formula is C19H24BrNO2. The quantitative estimate of drug-likeness (QED) is 0.737. The summed E-state index contributed by atoms with van der Waals surface area (Å²) in [6.45, 7) is 4.54. The molecule has 0 amide bonds. The largest absolute Gasteiger partial charge is 0.460 e. The Bertz CT molecular complexity index is 584. The van der Waals surface area contributed by atoms with Crippen molar-refractivity contribution in [2.24, 2.45) is 0 Å². The normalized spacial score (nSPS) is 30.7. The summed E-state index contributed by atoms with van der Waals surface area (Å²) in [5, 5.41) is 0. The van der Waals surface area contributed by atoms with E-state index in [-0.39, 0.29) is 12.1 Å². The van der Waals surface area contributed by atoms with E-state index in [4.69, 9.17) is 4.74 Å². The highest BCUT2D eigenvalue weighted by Crippen LogP contribution is 2.44. The van der Waals surface area contributed by atoms with Crippen LogP contribution < -0.4 is 0 Å². The van der Waals surface area contributed by atoms with Crippen molar-refractivity contribution in [3.8, 4) is 0 Å². The number of ether oxygens (including phenoxy) is 1. The number of benzene rings is 1. The van der Waals surface area contributed by atoms with Crippen LogP contribution in [-0.2, 0) is 9.53 Å². The van der Waals surface area contributed by atoms with Gasteiger partial charge in [-0.1, -0.05) is 51.8 Å². The molecule has 0 N–H and O–H groups in total. The van der Waals surface area contributed by atoms with Crippen molar-refractivity contribution >= 4 is 21.9 Å². The first kappa shape index (κ1) is 16.7. The SMILES string of the molecule is CC(=O)O[C@H]1C(c2ccc(C)cc2)C[C@@H]2CC[C@H]1N2C/C=C/Br. The zero-order valence-electron chi connectivity index (χ0n) is 13.7. The van der Waals surface area contributed by atoms with Crippen LogP contribution in [0.2, 0.25) is 0 Å². The van der Waals surface area contributed by atoms with Crippen LogP contribution in [0.15, 0.2) is 35.3 Å². The third-order valence-corrected chi connectivity index (χ3v) is 5.58. The topological polar surface area (TPSA) is 29.5 Å². The maximum Gasteiger partial charge on any atom is 0.302 e. The molecule has 0 radical (unpaired) electrons. The third-order valence-electron chi connectivity index (χ3n) is 5.21. The van der Waals surface area contributed by atoms with Gasteiger partial charge in [-0.2, -0.15) is 0 Å². The molecule has 3 nitrogen and oxygen atoms in total. The van der Waals surface area contributed by atoms with E-state index in [1.165, 1.54) is 24.5 Å². The van der Waals surface area contributed by atoms with Gasteiger partial charge < -0.3 is 4.74 Å². The first-order valence-electron chi connectivity index (χ1n) is 8.35. The Labute approximate surface area is 146 Å². The molecule has 1 aromatic carbocycles. The number of rotatable bonds is 4. The van der Waals surface area contributed by atoms with E-state index in [2.05, 4.69) is 58.1 Å². The molecule has 2 fully saturated rings. The number of nitrogens with zero attached hydrogens (tertiary/aromatic N) is 1. The maximum absolute atomic E-state index is 11.7. The first-order valence-corrected chi connectivity index (χ1v) is 9.26. The number of esters is 1.